The van der Waals surface area contributed by atoms with E-state index in [4.69, 9.17) is 5.11 Å². The molecule has 0 bridgehead atoms. The quantitative estimate of drug-likeness (QED) is 0.812. The first-order valence-corrected chi connectivity index (χ1v) is 7.32. The van der Waals surface area contributed by atoms with Crippen molar-refractivity contribution in [3.63, 3.8) is 0 Å². The lowest BCUT2D eigenvalue weighted by molar-refractivity contribution is -0.138. The van der Waals surface area contributed by atoms with Gasteiger partial charge in [-0.3, -0.25) is 9.59 Å². The van der Waals surface area contributed by atoms with E-state index in [1.807, 2.05) is 24.3 Å². The number of carboxylic acid groups (broad SMARTS) is 1. The molecule has 0 aromatic heterocycles. The van der Waals surface area contributed by atoms with E-state index in [1.165, 1.54) is 6.08 Å². The second-order valence-corrected chi connectivity index (χ2v) is 5.62. The van der Waals surface area contributed by atoms with Gasteiger partial charge in [0.1, 0.15) is 0 Å². The highest BCUT2D eigenvalue weighted by Gasteiger charge is 2.31. The van der Waals surface area contributed by atoms with Crippen LogP contribution in [0.3, 0.4) is 0 Å². The molecule has 0 spiro atoms. The predicted octanol–water partition coefficient (Wildman–Crippen LogP) is 2.93. The maximum Gasteiger partial charge on any atom is 0.305 e. The molecule has 1 aromatic carbocycles. The minimum Gasteiger partial charge on any atom is -0.481 e. The number of carbonyl (C=O) groups excluding carboxylic acids is 1. The van der Waals surface area contributed by atoms with Gasteiger partial charge in [-0.1, -0.05) is 34.1 Å². The Labute approximate surface area is 126 Å². The molecular weight excluding hydrogens is 322 g/mol. The van der Waals surface area contributed by atoms with Gasteiger partial charge in [0.15, 0.2) is 0 Å². The second kappa shape index (κ2) is 6.70. The van der Waals surface area contributed by atoms with Crippen LogP contribution in [0.1, 0.15) is 24.8 Å². The molecule has 1 N–H and O–H groups in total. The van der Waals surface area contributed by atoms with E-state index in [1.54, 1.807) is 11.0 Å². The van der Waals surface area contributed by atoms with E-state index in [2.05, 4.69) is 15.9 Å². The van der Waals surface area contributed by atoms with Gasteiger partial charge in [-0.25, -0.2) is 0 Å². The van der Waals surface area contributed by atoms with Gasteiger partial charge >= 0.3 is 5.97 Å². The number of nitrogens with zero attached hydrogens (tertiary/aromatic N) is 1. The van der Waals surface area contributed by atoms with Crippen molar-refractivity contribution in [3.8, 4) is 0 Å². The number of amides is 1. The van der Waals surface area contributed by atoms with Gasteiger partial charge in [-0.2, -0.15) is 0 Å². The summed E-state index contributed by atoms with van der Waals surface area (Å²) in [6, 6.07) is 7.84. The average molecular weight is 338 g/mol. The minimum absolute atomic E-state index is 0.00882. The molecule has 20 heavy (non-hydrogen) atoms. The lowest BCUT2D eigenvalue weighted by Crippen LogP contribution is -2.33. The van der Waals surface area contributed by atoms with E-state index < -0.39 is 5.97 Å². The summed E-state index contributed by atoms with van der Waals surface area (Å²) in [6.07, 6.45) is 5.19. The molecule has 0 heterocycles. The van der Waals surface area contributed by atoms with Crippen LogP contribution in [0, 0.1) is 0 Å². The molecular formula is C15H16BrNO3. The van der Waals surface area contributed by atoms with Gasteiger partial charge in [-0.15, -0.1) is 0 Å². The number of carbonyl (C=O) groups is 2. The Hall–Kier alpha value is -1.62. The van der Waals surface area contributed by atoms with Crippen molar-refractivity contribution >= 4 is 33.9 Å². The fraction of sp³-hybridized carbons (Fsp3) is 0.333. The van der Waals surface area contributed by atoms with Crippen LogP contribution < -0.4 is 0 Å². The van der Waals surface area contributed by atoms with Crippen LogP contribution in [-0.2, 0) is 9.59 Å². The minimum atomic E-state index is -0.877. The lowest BCUT2D eigenvalue weighted by Gasteiger charge is -2.19. The van der Waals surface area contributed by atoms with E-state index in [0.29, 0.717) is 0 Å². The molecule has 1 aliphatic carbocycles. The van der Waals surface area contributed by atoms with Crippen molar-refractivity contribution < 1.29 is 14.7 Å². The van der Waals surface area contributed by atoms with Crippen molar-refractivity contribution in [1.29, 1.82) is 0 Å². The first kappa shape index (κ1) is 14.8. The molecule has 1 fully saturated rings. The molecule has 0 unspecified atom stereocenters. The average Bonchev–Trinajstić information content (AvgIpc) is 3.22. The smallest absolute Gasteiger partial charge is 0.305 e. The highest BCUT2D eigenvalue weighted by Crippen LogP contribution is 2.27. The summed E-state index contributed by atoms with van der Waals surface area (Å²) in [5.74, 6) is -0.997. The van der Waals surface area contributed by atoms with Crippen LogP contribution in [0.25, 0.3) is 6.08 Å². The highest BCUT2D eigenvalue weighted by atomic mass is 79.9. The van der Waals surface area contributed by atoms with Crippen LogP contribution in [0.2, 0.25) is 0 Å². The van der Waals surface area contributed by atoms with Crippen LogP contribution in [0.4, 0.5) is 0 Å². The maximum atomic E-state index is 12.2. The monoisotopic (exact) mass is 337 g/mol. The number of hydrogen-bond donors (Lipinski definition) is 1. The zero-order valence-electron chi connectivity index (χ0n) is 11.0. The van der Waals surface area contributed by atoms with E-state index in [9.17, 15) is 9.59 Å². The lowest BCUT2D eigenvalue weighted by atomic mass is 10.2. The molecule has 1 aliphatic rings. The number of halogens is 1. The van der Waals surface area contributed by atoms with E-state index >= 15 is 0 Å². The van der Waals surface area contributed by atoms with Gasteiger partial charge in [0.05, 0.1) is 6.42 Å². The van der Waals surface area contributed by atoms with Crippen LogP contribution >= 0.6 is 15.9 Å². The van der Waals surface area contributed by atoms with Crippen LogP contribution in [0.5, 0.6) is 0 Å². The molecule has 0 radical (unpaired) electrons. The third-order valence-electron chi connectivity index (χ3n) is 3.15. The number of aliphatic carboxylic acids is 1. The zero-order chi connectivity index (χ0) is 14.5. The van der Waals surface area contributed by atoms with Crippen molar-refractivity contribution in [2.75, 3.05) is 6.54 Å². The van der Waals surface area contributed by atoms with Crippen molar-refractivity contribution in [3.05, 3.63) is 40.4 Å². The Bertz CT molecular complexity index is 538. The number of hydrogen-bond acceptors (Lipinski definition) is 2. The molecule has 2 rings (SSSR count). The first-order valence-electron chi connectivity index (χ1n) is 6.53. The third-order valence-corrected chi connectivity index (χ3v) is 3.87. The van der Waals surface area contributed by atoms with Gasteiger partial charge < -0.3 is 10.0 Å². The Balaban J connectivity index is 2.01. The van der Waals surface area contributed by atoms with Gasteiger partial charge in [0, 0.05) is 23.1 Å². The molecule has 5 heteroatoms. The number of benzene rings is 1. The summed E-state index contributed by atoms with van der Waals surface area (Å²) in [5.41, 5.74) is 0.926. The SMILES string of the molecule is O=C(O)CCN(C(=O)/C=C/c1ccccc1Br)C1CC1. The fourth-order valence-corrected chi connectivity index (χ4v) is 2.36. The summed E-state index contributed by atoms with van der Waals surface area (Å²) in [5, 5.41) is 8.73. The topological polar surface area (TPSA) is 57.6 Å². The molecule has 106 valence electrons. The Kier molecular flexibility index (Phi) is 4.95. The van der Waals surface area contributed by atoms with Crippen LogP contribution in [-0.4, -0.2) is 34.5 Å². The molecule has 1 aromatic rings. The normalized spacial score (nSPS) is 14.4. The number of rotatable bonds is 6. The fourth-order valence-electron chi connectivity index (χ4n) is 1.94. The summed E-state index contributed by atoms with van der Waals surface area (Å²) in [6.45, 7) is 0.277. The largest absolute Gasteiger partial charge is 0.481 e. The second-order valence-electron chi connectivity index (χ2n) is 4.76. The third kappa shape index (κ3) is 4.20. The Morgan fingerprint density at radius 2 is 2.05 bits per heavy atom. The van der Waals surface area contributed by atoms with E-state index in [-0.39, 0.29) is 24.9 Å². The van der Waals surface area contributed by atoms with Crippen molar-refractivity contribution in [2.45, 2.75) is 25.3 Å². The zero-order valence-corrected chi connectivity index (χ0v) is 12.5. The molecule has 4 nitrogen and oxygen atoms in total. The Morgan fingerprint density at radius 3 is 2.65 bits per heavy atom. The van der Waals surface area contributed by atoms with Gasteiger partial charge in [0.25, 0.3) is 0 Å². The Morgan fingerprint density at radius 1 is 1.35 bits per heavy atom. The van der Waals surface area contributed by atoms with Crippen LogP contribution in [0.15, 0.2) is 34.8 Å². The summed E-state index contributed by atoms with van der Waals surface area (Å²) >= 11 is 3.42. The molecule has 0 aliphatic heterocycles. The van der Waals surface area contributed by atoms with Gasteiger partial charge in [-0.05, 0) is 30.5 Å². The highest BCUT2D eigenvalue weighted by molar-refractivity contribution is 9.10. The van der Waals surface area contributed by atoms with Crippen molar-refractivity contribution in [2.24, 2.45) is 0 Å². The standard InChI is InChI=1S/C15H16BrNO3/c16-13-4-2-1-3-11(13)5-8-14(18)17(12-6-7-12)10-9-15(19)20/h1-5,8,12H,6-7,9-10H2,(H,19,20)/b8-5+. The molecule has 1 saturated carbocycles. The first-order chi connectivity index (χ1) is 9.58. The molecule has 0 atom stereocenters. The molecule has 1 amide bonds. The summed E-state index contributed by atoms with van der Waals surface area (Å²) in [4.78, 5) is 24.4. The summed E-state index contributed by atoms with van der Waals surface area (Å²) < 4.78 is 0.924. The number of carboxylic acids is 1. The maximum absolute atomic E-state index is 12.2. The predicted molar refractivity (Wildman–Crippen MR) is 80.2 cm³/mol. The summed E-state index contributed by atoms with van der Waals surface area (Å²) in [7, 11) is 0. The molecule has 0 saturated heterocycles. The van der Waals surface area contributed by atoms with Crippen molar-refractivity contribution in [1.82, 2.24) is 4.90 Å². The van der Waals surface area contributed by atoms with Gasteiger partial charge in [0.2, 0.25) is 5.91 Å². The van der Waals surface area contributed by atoms with E-state index in [0.717, 1.165) is 22.9 Å².